The second kappa shape index (κ2) is 12.5. The number of nitrogens with zero attached hydrogens (tertiary/aromatic N) is 5. The van der Waals surface area contributed by atoms with Gasteiger partial charge in [0.1, 0.15) is 6.04 Å². The Labute approximate surface area is 228 Å². The van der Waals surface area contributed by atoms with Gasteiger partial charge in [0.25, 0.3) is 0 Å². The van der Waals surface area contributed by atoms with Gasteiger partial charge in [0, 0.05) is 62.6 Å². The van der Waals surface area contributed by atoms with Crippen molar-refractivity contribution in [2.24, 2.45) is 0 Å². The Morgan fingerprint density at radius 2 is 1.95 bits per heavy atom. The summed E-state index contributed by atoms with van der Waals surface area (Å²) in [6.45, 7) is 2.82. The first-order chi connectivity index (χ1) is 18.2. The van der Waals surface area contributed by atoms with E-state index in [9.17, 15) is 13.2 Å². The minimum Gasteiger partial charge on any atom is -0.354 e. The number of hydrogen-bond acceptors (Lipinski definition) is 6. The van der Waals surface area contributed by atoms with Crippen LogP contribution in [-0.2, 0) is 34.2 Å². The van der Waals surface area contributed by atoms with Crippen molar-refractivity contribution >= 4 is 27.5 Å². The standard InChI is InChI=1S/C27H31ClN6O3S/c1-38(36,37)34-14-13-32(12-10-21-3-2-4-24(28)15-21)19-26(34)27(35)31-11-9-25-17-30-20-33(25)18-23-7-5-22(16-29)6-8-23/h2-8,15,17,20,26H,9-14,18-19H2,1H3,(H,31,35). The molecule has 3 aromatic rings. The first kappa shape index (κ1) is 27.8. The molecule has 0 saturated carbocycles. The molecule has 1 aromatic heterocycles. The molecule has 1 fully saturated rings. The van der Waals surface area contributed by atoms with Gasteiger partial charge in [-0.25, -0.2) is 13.4 Å². The number of sulfonamides is 1. The van der Waals surface area contributed by atoms with Crippen LogP contribution in [0.3, 0.4) is 0 Å². The Morgan fingerprint density at radius 1 is 1.16 bits per heavy atom. The van der Waals surface area contributed by atoms with Crippen molar-refractivity contribution in [1.29, 1.82) is 5.26 Å². The number of aromatic nitrogens is 2. The number of imidazole rings is 1. The van der Waals surface area contributed by atoms with E-state index in [1.807, 2.05) is 41.0 Å². The molecule has 11 heteroatoms. The molecule has 0 bridgehead atoms. The number of nitriles is 1. The highest BCUT2D eigenvalue weighted by Gasteiger charge is 2.37. The fourth-order valence-electron chi connectivity index (χ4n) is 4.63. The van der Waals surface area contributed by atoms with Gasteiger partial charge in [-0.3, -0.25) is 9.69 Å². The average molecular weight is 555 g/mol. The number of rotatable bonds is 10. The zero-order chi connectivity index (χ0) is 27.1. The normalized spacial score (nSPS) is 16.7. The topological polar surface area (TPSA) is 111 Å². The lowest BCUT2D eigenvalue weighted by atomic mass is 10.1. The Bertz CT molecular complexity index is 1400. The van der Waals surface area contributed by atoms with Crippen LogP contribution in [0.4, 0.5) is 0 Å². The van der Waals surface area contributed by atoms with Gasteiger partial charge < -0.3 is 9.88 Å². The molecule has 1 amide bonds. The summed E-state index contributed by atoms with van der Waals surface area (Å²) in [4.78, 5) is 19.5. The average Bonchev–Trinajstić information content (AvgIpc) is 3.33. The lowest BCUT2D eigenvalue weighted by molar-refractivity contribution is -0.126. The van der Waals surface area contributed by atoms with Crippen molar-refractivity contribution < 1.29 is 13.2 Å². The van der Waals surface area contributed by atoms with Gasteiger partial charge in [0.2, 0.25) is 15.9 Å². The molecular weight excluding hydrogens is 524 g/mol. The molecule has 0 spiro atoms. The molecular formula is C27H31ClN6O3S. The first-order valence-corrected chi connectivity index (χ1v) is 14.6. The van der Waals surface area contributed by atoms with Crippen LogP contribution >= 0.6 is 11.6 Å². The fourth-order valence-corrected chi connectivity index (χ4v) is 5.88. The Morgan fingerprint density at radius 3 is 2.66 bits per heavy atom. The number of hydrogen-bond donors (Lipinski definition) is 1. The van der Waals surface area contributed by atoms with Crippen molar-refractivity contribution in [3.8, 4) is 6.07 Å². The number of halogens is 1. The monoisotopic (exact) mass is 554 g/mol. The molecule has 0 radical (unpaired) electrons. The molecule has 2 aromatic carbocycles. The SMILES string of the molecule is CS(=O)(=O)N1CCN(CCc2cccc(Cl)c2)CC1C(=O)NCCc1cncn1Cc1ccc(C#N)cc1. The zero-order valence-corrected chi connectivity index (χ0v) is 22.8. The molecule has 1 unspecified atom stereocenters. The summed E-state index contributed by atoms with van der Waals surface area (Å²) in [5, 5.41) is 12.6. The van der Waals surface area contributed by atoms with E-state index in [-0.39, 0.29) is 12.5 Å². The van der Waals surface area contributed by atoms with E-state index in [0.29, 0.717) is 49.7 Å². The number of amides is 1. The predicted octanol–water partition coefficient (Wildman–Crippen LogP) is 2.30. The fraction of sp³-hybridized carbons (Fsp3) is 0.370. The van der Waals surface area contributed by atoms with Crippen molar-refractivity contribution in [3.05, 3.63) is 88.5 Å². The van der Waals surface area contributed by atoms with E-state index in [1.165, 1.54) is 4.31 Å². The largest absolute Gasteiger partial charge is 0.354 e. The number of carbonyl (C=O) groups is 1. The smallest absolute Gasteiger partial charge is 0.239 e. The zero-order valence-electron chi connectivity index (χ0n) is 21.3. The Balaban J connectivity index is 1.34. The molecule has 0 aliphatic carbocycles. The minimum absolute atomic E-state index is 0.268. The molecule has 1 saturated heterocycles. The van der Waals surface area contributed by atoms with Crippen LogP contribution < -0.4 is 5.32 Å². The van der Waals surface area contributed by atoms with Crippen LogP contribution in [0, 0.1) is 11.3 Å². The van der Waals surface area contributed by atoms with Gasteiger partial charge in [-0.1, -0.05) is 35.9 Å². The lowest BCUT2D eigenvalue weighted by Gasteiger charge is -2.39. The van der Waals surface area contributed by atoms with Crippen molar-refractivity contribution in [3.63, 3.8) is 0 Å². The summed E-state index contributed by atoms with van der Waals surface area (Å²) in [5.41, 5.74) is 3.69. The molecule has 38 heavy (non-hydrogen) atoms. The highest BCUT2D eigenvalue weighted by atomic mass is 35.5. The molecule has 1 atom stereocenters. The molecule has 1 aliphatic rings. The third-order valence-corrected chi connectivity index (χ3v) is 8.19. The number of benzene rings is 2. The van der Waals surface area contributed by atoms with E-state index >= 15 is 0 Å². The second-order valence-corrected chi connectivity index (χ2v) is 11.8. The summed E-state index contributed by atoms with van der Waals surface area (Å²) in [5.74, 6) is -0.305. The predicted molar refractivity (Wildman–Crippen MR) is 146 cm³/mol. The Hall–Kier alpha value is -3.23. The third-order valence-electron chi connectivity index (χ3n) is 6.66. The first-order valence-electron chi connectivity index (χ1n) is 12.4. The van der Waals surface area contributed by atoms with Crippen molar-refractivity contribution in [1.82, 2.24) is 24.1 Å². The quantitative estimate of drug-likeness (QED) is 0.412. The maximum atomic E-state index is 13.2. The van der Waals surface area contributed by atoms with Crippen LogP contribution in [0.1, 0.15) is 22.4 Å². The lowest BCUT2D eigenvalue weighted by Crippen LogP contribution is -2.60. The summed E-state index contributed by atoms with van der Waals surface area (Å²) in [6.07, 6.45) is 5.95. The second-order valence-electron chi connectivity index (χ2n) is 9.43. The van der Waals surface area contributed by atoms with Crippen LogP contribution in [0.2, 0.25) is 5.02 Å². The summed E-state index contributed by atoms with van der Waals surface area (Å²) in [6, 6.07) is 16.4. The number of carbonyl (C=O) groups excluding carboxylic acids is 1. The van der Waals surface area contributed by atoms with Crippen LogP contribution in [0.5, 0.6) is 0 Å². The summed E-state index contributed by atoms with van der Waals surface area (Å²) < 4.78 is 28.1. The van der Waals surface area contributed by atoms with E-state index in [4.69, 9.17) is 16.9 Å². The summed E-state index contributed by atoms with van der Waals surface area (Å²) in [7, 11) is -3.54. The van der Waals surface area contributed by atoms with Crippen molar-refractivity contribution in [2.45, 2.75) is 25.4 Å². The minimum atomic E-state index is -3.54. The molecule has 200 valence electrons. The van der Waals surface area contributed by atoms with Gasteiger partial charge in [-0.15, -0.1) is 0 Å². The van der Waals surface area contributed by atoms with Gasteiger partial charge in [0.05, 0.1) is 24.2 Å². The van der Waals surface area contributed by atoms with Crippen LogP contribution in [0.25, 0.3) is 0 Å². The molecule has 1 N–H and O–H groups in total. The molecule has 4 rings (SSSR count). The van der Waals surface area contributed by atoms with Crippen LogP contribution in [0.15, 0.2) is 61.1 Å². The van der Waals surface area contributed by atoms with Crippen LogP contribution in [-0.4, -0.2) is 78.1 Å². The number of nitrogens with one attached hydrogen (secondary N) is 1. The maximum Gasteiger partial charge on any atom is 0.239 e. The highest BCUT2D eigenvalue weighted by Crippen LogP contribution is 2.16. The van der Waals surface area contributed by atoms with E-state index in [1.54, 1.807) is 24.7 Å². The Kier molecular flexibility index (Phi) is 9.17. The van der Waals surface area contributed by atoms with E-state index in [0.717, 1.165) is 29.5 Å². The van der Waals surface area contributed by atoms with E-state index < -0.39 is 16.1 Å². The molecule has 9 nitrogen and oxygen atoms in total. The third kappa shape index (κ3) is 7.42. The van der Waals surface area contributed by atoms with Gasteiger partial charge >= 0.3 is 0 Å². The molecule has 2 heterocycles. The highest BCUT2D eigenvalue weighted by molar-refractivity contribution is 7.88. The van der Waals surface area contributed by atoms with Gasteiger partial charge in [-0.2, -0.15) is 9.57 Å². The number of piperazine rings is 1. The summed E-state index contributed by atoms with van der Waals surface area (Å²) >= 11 is 6.09. The van der Waals surface area contributed by atoms with E-state index in [2.05, 4.69) is 21.3 Å². The van der Waals surface area contributed by atoms with Crippen molar-refractivity contribution in [2.75, 3.05) is 39.0 Å². The maximum absolute atomic E-state index is 13.2. The van der Waals surface area contributed by atoms with Gasteiger partial charge in [0.15, 0.2) is 0 Å². The molecule has 1 aliphatic heterocycles. The van der Waals surface area contributed by atoms with Gasteiger partial charge in [-0.05, 0) is 41.8 Å².